The van der Waals surface area contributed by atoms with Crippen LogP contribution in [0.25, 0.3) is 6.08 Å². The number of rotatable bonds is 0. The fourth-order valence-electron chi connectivity index (χ4n) is 1.37. The fourth-order valence-corrected chi connectivity index (χ4v) is 1.37. The number of allylic oxidation sites excluding steroid dienone is 1. The summed E-state index contributed by atoms with van der Waals surface area (Å²) in [6.45, 7) is 0. The molecule has 0 radical (unpaired) electrons. The molecule has 0 amide bonds. The molecular formula is C10H11Br. The highest BCUT2D eigenvalue weighted by molar-refractivity contribution is 8.93. The largest absolute Gasteiger partial charge is 0.114 e. The van der Waals surface area contributed by atoms with Crippen LogP contribution >= 0.6 is 17.0 Å². The molecule has 1 aliphatic rings. The van der Waals surface area contributed by atoms with Crippen LogP contribution in [0.1, 0.15) is 17.5 Å². The van der Waals surface area contributed by atoms with Crippen molar-refractivity contribution in [2.24, 2.45) is 0 Å². The lowest BCUT2D eigenvalue weighted by Crippen LogP contribution is -1.91. The van der Waals surface area contributed by atoms with Gasteiger partial charge in [-0.25, -0.2) is 0 Å². The van der Waals surface area contributed by atoms with Gasteiger partial charge in [-0.15, -0.1) is 17.0 Å². The van der Waals surface area contributed by atoms with E-state index in [0.29, 0.717) is 0 Å². The molecule has 0 nitrogen and oxygen atoms in total. The highest BCUT2D eigenvalue weighted by atomic mass is 79.9. The van der Waals surface area contributed by atoms with E-state index in [9.17, 15) is 0 Å². The Balaban J connectivity index is 0.000000605. The fraction of sp³-hybridized carbons (Fsp3) is 0.200. The van der Waals surface area contributed by atoms with Crippen molar-refractivity contribution in [3.8, 4) is 0 Å². The second kappa shape index (κ2) is 3.72. The van der Waals surface area contributed by atoms with Gasteiger partial charge >= 0.3 is 0 Å². The van der Waals surface area contributed by atoms with Crippen molar-refractivity contribution < 1.29 is 0 Å². The maximum Gasteiger partial charge on any atom is -0.0228 e. The second-order valence-electron chi connectivity index (χ2n) is 2.64. The Morgan fingerprint density at radius 2 is 1.91 bits per heavy atom. The number of hydrogen-bond donors (Lipinski definition) is 0. The minimum Gasteiger partial charge on any atom is -0.114 e. The van der Waals surface area contributed by atoms with Gasteiger partial charge in [-0.3, -0.25) is 0 Å². The van der Waals surface area contributed by atoms with Crippen LogP contribution in [0.2, 0.25) is 0 Å². The highest BCUT2D eigenvalue weighted by Crippen LogP contribution is 2.17. The van der Waals surface area contributed by atoms with Crippen LogP contribution in [0.5, 0.6) is 0 Å². The summed E-state index contributed by atoms with van der Waals surface area (Å²) in [6.07, 6.45) is 6.87. The van der Waals surface area contributed by atoms with Gasteiger partial charge in [0.2, 0.25) is 0 Å². The van der Waals surface area contributed by atoms with E-state index in [4.69, 9.17) is 0 Å². The standard InChI is InChI=1S/C10H10.BrH/c1-2-6-10-8-4-3-7-9(10)5-1;/h1-3,5-7H,4,8H2;1H. The molecule has 0 saturated carbocycles. The first kappa shape index (κ1) is 8.54. The van der Waals surface area contributed by atoms with E-state index in [1.165, 1.54) is 24.0 Å². The molecular weight excluding hydrogens is 200 g/mol. The first-order valence-electron chi connectivity index (χ1n) is 3.71. The van der Waals surface area contributed by atoms with E-state index < -0.39 is 0 Å². The summed E-state index contributed by atoms with van der Waals surface area (Å²) in [5.41, 5.74) is 2.89. The van der Waals surface area contributed by atoms with E-state index in [1.54, 1.807) is 0 Å². The van der Waals surface area contributed by atoms with Crippen LogP contribution in [0, 0.1) is 0 Å². The first-order valence-corrected chi connectivity index (χ1v) is 3.71. The third kappa shape index (κ3) is 1.72. The molecule has 0 fully saturated rings. The van der Waals surface area contributed by atoms with Crippen LogP contribution < -0.4 is 0 Å². The summed E-state index contributed by atoms with van der Waals surface area (Å²) < 4.78 is 0. The van der Waals surface area contributed by atoms with Gasteiger partial charge in [0.15, 0.2) is 0 Å². The molecule has 1 aliphatic carbocycles. The Hall–Kier alpha value is -0.560. The number of benzene rings is 1. The summed E-state index contributed by atoms with van der Waals surface area (Å²) in [4.78, 5) is 0. The quantitative estimate of drug-likeness (QED) is 0.618. The number of hydrogen-bond acceptors (Lipinski definition) is 0. The van der Waals surface area contributed by atoms with Gasteiger partial charge in [0, 0.05) is 0 Å². The third-order valence-electron chi connectivity index (χ3n) is 1.93. The van der Waals surface area contributed by atoms with Crippen molar-refractivity contribution >= 4 is 23.1 Å². The molecule has 2 rings (SSSR count). The van der Waals surface area contributed by atoms with Crippen molar-refractivity contribution in [2.45, 2.75) is 12.8 Å². The molecule has 1 heteroatoms. The molecule has 0 unspecified atom stereocenters. The van der Waals surface area contributed by atoms with Gasteiger partial charge in [0.25, 0.3) is 0 Å². The van der Waals surface area contributed by atoms with Crippen LogP contribution in [0.3, 0.4) is 0 Å². The molecule has 58 valence electrons. The van der Waals surface area contributed by atoms with Gasteiger partial charge in [-0.1, -0.05) is 36.4 Å². The Bertz CT molecular complexity index is 263. The predicted molar refractivity (Wildman–Crippen MR) is 54.1 cm³/mol. The lowest BCUT2D eigenvalue weighted by atomic mass is 9.98. The molecule has 0 heterocycles. The van der Waals surface area contributed by atoms with Crippen molar-refractivity contribution in [3.63, 3.8) is 0 Å². The van der Waals surface area contributed by atoms with Crippen LogP contribution in [-0.2, 0) is 6.42 Å². The van der Waals surface area contributed by atoms with Gasteiger partial charge in [-0.2, -0.15) is 0 Å². The van der Waals surface area contributed by atoms with Gasteiger partial charge in [0.1, 0.15) is 0 Å². The molecule has 0 bridgehead atoms. The van der Waals surface area contributed by atoms with E-state index in [1.807, 2.05) is 0 Å². The van der Waals surface area contributed by atoms with Gasteiger partial charge < -0.3 is 0 Å². The van der Waals surface area contributed by atoms with E-state index >= 15 is 0 Å². The SMILES string of the molecule is Br.C1=Cc2ccccc2CC1. The lowest BCUT2D eigenvalue weighted by Gasteiger charge is -2.07. The van der Waals surface area contributed by atoms with E-state index in [0.717, 1.165) is 0 Å². The van der Waals surface area contributed by atoms with Crippen molar-refractivity contribution in [3.05, 3.63) is 41.5 Å². The number of aryl methyl sites for hydroxylation is 1. The van der Waals surface area contributed by atoms with Crippen LogP contribution in [0.15, 0.2) is 30.3 Å². The maximum absolute atomic E-state index is 2.24. The van der Waals surface area contributed by atoms with Gasteiger partial charge in [0.05, 0.1) is 0 Å². The number of halogens is 1. The normalized spacial score (nSPS) is 13.5. The summed E-state index contributed by atoms with van der Waals surface area (Å²) in [7, 11) is 0. The zero-order chi connectivity index (χ0) is 6.81. The van der Waals surface area contributed by atoms with E-state index in [2.05, 4.69) is 36.4 Å². The van der Waals surface area contributed by atoms with Crippen LogP contribution in [-0.4, -0.2) is 0 Å². The topological polar surface area (TPSA) is 0 Å². The van der Waals surface area contributed by atoms with Crippen LogP contribution in [0.4, 0.5) is 0 Å². The summed E-state index contributed by atoms with van der Waals surface area (Å²) in [6, 6.07) is 8.58. The van der Waals surface area contributed by atoms with Crippen molar-refractivity contribution in [1.82, 2.24) is 0 Å². The number of fused-ring (bicyclic) bond motifs is 1. The Morgan fingerprint density at radius 3 is 2.73 bits per heavy atom. The monoisotopic (exact) mass is 210 g/mol. The zero-order valence-electron chi connectivity index (χ0n) is 6.29. The molecule has 0 spiro atoms. The molecule has 1 aromatic carbocycles. The molecule has 0 aliphatic heterocycles. The summed E-state index contributed by atoms with van der Waals surface area (Å²) >= 11 is 0. The average molecular weight is 211 g/mol. The third-order valence-corrected chi connectivity index (χ3v) is 1.93. The zero-order valence-corrected chi connectivity index (χ0v) is 8.00. The highest BCUT2D eigenvalue weighted by Gasteiger charge is 2.00. The minimum absolute atomic E-state index is 0. The predicted octanol–water partition coefficient (Wildman–Crippen LogP) is 3.22. The van der Waals surface area contributed by atoms with Crippen molar-refractivity contribution in [1.29, 1.82) is 0 Å². The van der Waals surface area contributed by atoms with E-state index in [-0.39, 0.29) is 17.0 Å². The summed E-state index contributed by atoms with van der Waals surface area (Å²) in [5, 5.41) is 0. The molecule has 0 N–H and O–H groups in total. The van der Waals surface area contributed by atoms with Crippen molar-refractivity contribution in [2.75, 3.05) is 0 Å². The molecule has 1 aromatic rings. The molecule has 0 atom stereocenters. The second-order valence-corrected chi connectivity index (χ2v) is 2.64. The summed E-state index contributed by atoms with van der Waals surface area (Å²) in [5.74, 6) is 0. The average Bonchev–Trinajstić information content (AvgIpc) is 2.05. The van der Waals surface area contributed by atoms with Gasteiger partial charge in [-0.05, 0) is 24.0 Å². The molecule has 11 heavy (non-hydrogen) atoms. The maximum atomic E-state index is 2.24. The molecule has 0 aromatic heterocycles. The smallest absolute Gasteiger partial charge is 0.0228 e. The minimum atomic E-state index is 0. The Kier molecular flexibility index (Phi) is 2.89. The Labute approximate surface area is 77.7 Å². The molecule has 0 saturated heterocycles. The first-order chi connectivity index (χ1) is 4.97. The Morgan fingerprint density at radius 1 is 1.09 bits per heavy atom. The lowest BCUT2D eigenvalue weighted by molar-refractivity contribution is 0.986.